The first-order valence-corrected chi connectivity index (χ1v) is 6.76. The van der Waals surface area contributed by atoms with Crippen LogP contribution in [-0.4, -0.2) is 26.4 Å². The SMILES string of the molecule is CC(=O)Oc1cc(O)ccc1C(O)C=Cc1ccc(O)cc1O. The van der Waals surface area contributed by atoms with Crippen LogP contribution in [0.15, 0.2) is 42.5 Å². The molecule has 0 aliphatic heterocycles. The number of rotatable bonds is 4. The van der Waals surface area contributed by atoms with Gasteiger partial charge in [-0.2, -0.15) is 0 Å². The quantitative estimate of drug-likeness (QED) is 0.510. The van der Waals surface area contributed by atoms with Gasteiger partial charge in [0.2, 0.25) is 0 Å². The smallest absolute Gasteiger partial charge is 0.308 e. The third-order valence-electron chi connectivity index (χ3n) is 3.04. The monoisotopic (exact) mass is 316 g/mol. The zero-order valence-electron chi connectivity index (χ0n) is 12.3. The second kappa shape index (κ2) is 6.85. The third-order valence-corrected chi connectivity index (χ3v) is 3.04. The summed E-state index contributed by atoms with van der Waals surface area (Å²) in [6.45, 7) is 1.21. The van der Waals surface area contributed by atoms with Gasteiger partial charge in [-0.1, -0.05) is 12.2 Å². The Balaban J connectivity index is 2.28. The minimum Gasteiger partial charge on any atom is -0.508 e. The van der Waals surface area contributed by atoms with Crippen LogP contribution in [0, 0.1) is 0 Å². The van der Waals surface area contributed by atoms with Crippen LogP contribution in [-0.2, 0) is 4.79 Å². The van der Waals surface area contributed by atoms with Crippen molar-refractivity contribution in [3.05, 3.63) is 53.6 Å². The molecule has 0 fully saturated rings. The van der Waals surface area contributed by atoms with Crippen LogP contribution in [0.2, 0.25) is 0 Å². The number of aliphatic hydroxyl groups excluding tert-OH is 1. The lowest BCUT2D eigenvalue weighted by Gasteiger charge is -2.12. The molecule has 1 unspecified atom stereocenters. The number of aliphatic hydroxyl groups is 1. The minimum absolute atomic E-state index is 0.0459. The lowest BCUT2D eigenvalue weighted by Crippen LogP contribution is -2.05. The van der Waals surface area contributed by atoms with E-state index < -0.39 is 12.1 Å². The summed E-state index contributed by atoms with van der Waals surface area (Å²) in [5, 5.41) is 38.6. The first-order chi connectivity index (χ1) is 10.9. The van der Waals surface area contributed by atoms with E-state index in [9.17, 15) is 25.2 Å². The number of hydrogen-bond donors (Lipinski definition) is 4. The van der Waals surface area contributed by atoms with Crippen molar-refractivity contribution in [1.82, 2.24) is 0 Å². The van der Waals surface area contributed by atoms with Crippen molar-refractivity contribution in [1.29, 1.82) is 0 Å². The van der Waals surface area contributed by atoms with Gasteiger partial charge in [0.25, 0.3) is 0 Å². The van der Waals surface area contributed by atoms with Crippen LogP contribution in [0.25, 0.3) is 6.08 Å². The molecule has 4 N–H and O–H groups in total. The van der Waals surface area contributed by atoms with Gasteiger partial charge in [-0.3, -0.25) is 4.79 Å². The number of phenolic OH excluding ortho intramolecular Hbond substituents is 3. The second-order valence-corrected chi connectivity index (χ2v) is 4.86. The number of ether oxygens (including phenoxy) is 1. The number of benzene rings is 2. The highest BCUT2D eigenvalue weighted by molar-refractivity contribution is 5.70. The maximum absolute atomic E-state index is 11.1. The normalized spacial score (nSPS) is 12.3. The molecule has 0 radical (unpaired) electrons. The van der Waals surface area contributed by atoms with E-state index in [1.807, 2.05) is 0 Å². The molecule has 0 saturated heterocycles. The van der Waals surface area contributed by atoms with E-state index in [1.165, 1.54) is 55.5 Å². The molecule has 6 heteroatoms. The first kappa shape index (κ1) is 16.4. The van der Waals surface area contributed by atoms with E-state index in [1.54, 1.807) is 0 Å². The van der Waals surface area contributed by atoms with E-state index in [-0.39, 0.29) is 28.6 Å². The van der Waals surface area contributed by atoms with Crippen molar-refractivity contribution in [3.63, 3.8) is 0 Å². The predicted molar refractivity (Wildman–Crippen MR) is 83.2 cm³/mol. The number of hydrogen-bond acceptors (Lipinski definition) is 6. The van der Waals surface area contributed by atoms with Crippen molar-refractivity contribution in [3.8, 4) is 23.0 Å². The summed E-state index contributed by atoms with van der Waals surface area (Å²) >= 11 is 0. The summed E-state index contributed by atoms with van der Waals surface area (Å²) in [6.07, 6.45) is 1.72. The molecular formula is C17H16O6. The molecule has 0 amide bonds. The summed E-state index contributed by atoms with van der Waals surface area (Å²) in [5.41, 5.74) is 0.683. The standard InChI is InChI=1S/C17H16O6/c1-10(18)23-17-9-13(20)5-6-14(17)15(21)7-3-11-2-4-12(19)8-16(11)22/h2-9,15,19-22H,1H3. The Morgan fingerprint density at radius 2 is 1.74 bits per heavy atom. The highest BCUT2D eigenvalue weighted by Crippen LogP contribution is 2.31. The number of phenols is 3. The fourth-order valence-corrected chi connectivity index (χ4v) is 1.98. The van der Waals surface area contributed by atoms with Gasteiger partial charge in [-0.25, -0.2) is 0 Å². The Kier molecular flexibility index (Phi) is 4.88. The Morgan fingerprint density at radius 3 is 2.39 bits per heavy atom. The molecular weight excluding hydrogens is 300 g/mol. The predicted octanol–water partition coefficient (Wildman–Crippen LogP) is 2.48. The molecule has 0 aliphatic carbocycles. The fourth-order valence-electron chi connectivity index (χ4n) is 1.98. The molecule has 2 aromatic rings. The Bertz CT molecular complexity index is 751. The van der Waals surface area contributed by atoms with Crippen LogP contribution in [0.4, 0.5) is 0 Å². The highest BCUT2D eigenvalue weighted by atomic mass is 16.5. The van der Waals surface area contributed by atoms with E-state index in [4.69, 9.17) is 4.74 Å². The van der Waals surface area contributed by atoms with Gasteiger partial charge in [0.1, 0.15) is 29.1 Å². The van der Waals surface area contributed by atoms with Gasteiger partial charge < -0.3 is 25.2 Å². The zero-order chi connectivity index (χ0) is 17.0. The summed E-state index contributed by atoms with van der Waals surface area (Å²) in [4.78, 5) is 11.1. The fraction of sp³-hybridized carbons (Fsp3) is 0.118. The van der Waals surface area contributed by atoms with E-state index >= 15 is 0 Å². The van der Waals surface area contributed by atoms with E-state index in [0.29, 0.717) is 5.56 Å². The first-order valence-electron chi connectivity index (χ1n) is 6.76. The molecule has 0 aromatic heterocycles. The number of esters is 1. The molecule has 1 atom stereocenters. The van der Waals surface area contributed by atoms with Gasteiger partial charge in [-0.05, 0) is 24.3 Å². The van der Waals surface area contributed by atoms with Crippen molar-refractivity contribution in [2.75, 3.05) is 0 Å². The molecule has 0 bridgehead atoms. The summed E-state index contributed by atoms with van der Waals surface area (Å²) < 4.78 is 4.96. The van der Waals surface area contributed by atoms with Crippen molar-refractivity contribution in [2.45, 2.75) is 13.0 Å². The lowest BCUT2D eigenvalue weighted by molar-refractivity contribution is -0.131. The largest absolute Gasteiger partial charge is 0.508 e. The molecule has 120 valence electrons. The van der Waals surface area contributed by atoms with E-state index in [0.717, 1.165) is 0 Å². The minimum atomic E-state index is -1.13. The molecule has 0 heterocycles. The van der Waals surface area contributed by atoms with Crippen molar-refractivity contribution < 1.29 is 30.0 Å². The molecule has 0 aliphatic rings. The number of aromatic hydroxyl groups is 3. The van der Waals surface area contributed by atoms with Gasteiger partial charge in [0.05, 0.1) is 0 Å². The Hall–Kier alpha value is -2.99. The van der Waals surface area contributed by atoms with Crippen molar-refractivity contribution >= 4 is 12.0 Å². The zero-order valence-corrected chi connectivity index (χ0v) is 12.3. The summed E-state index contributed by atoms with van der Waals surface area (Å²) in [5.74, 6) is -0.846. The van der Waals surface area contributed by atoms with Crippen LogP contribution in [0.1, 0.15) is 24.2 Å². The highest BCUT2D eigenvalue weighted by Gasteiger charge is 2.14. The maximum atomic E-state index is 11.1. The number of carbonyl (C=O) groups excluding carboxylic acids is 1. The average Bonchev–Trinajstić information content (AvgIpc) is 2.45. The molecule has 2 rings (SSSR count). The molecule has 23 heavy (non-hydrogen) atoms. The van der Waals surface area contributed by atoms with Crippen LogP contribution in [0.5, 0.6) is 23.0 Å². The molecule has 2 aromatic carbocycles. The van der Waals surface area contributed by atoms with Gasteiger partial charge >= 0.3 is 5.97 Å². The Labute approximate surface area is 132 Å². The van der Waals surface area contributed by atoms with Crippen LogP contribution >= 0.6 is 0 Å². The molecule has 0 spiro atoms. The van der Waals surface area contributed by atoms with Gasteiger partial charge in [0, 0.05) is 30.2 Å². The summed E-state index contributed by atoms with van der Waals surface area (Å²) in [6, 6.07) is 8.08. The van der Waals surface area contributed by atoms with Crippen molar-refractivity contribution in [2.24, 2.45) is 0 Å². The van der Waals surface area contributed by atoms with Gasteiger partial charge in [-0.15, -0.1) is 0 Å². The second-order valence-electron chi connectivity index (χ2n) is 4.86. The Morgan fingerprint density at radius 1 is 1.09 bits per heavy atom. The third kappa shape index (κ3) is 4.24. The van der Waals surface area contributed by atoms with Crippen LogP contribution in [0.3, 0.4) is 0 Å². The van der Waals surface area contributed by atoms with E-state index in [2.05, 4.69) is 0 Å². The van der Waals surface area contributed by atoms with Crippen LogP contribution < -0.4 is 4.74 Å². The molecule has 6 nitrogen and oxygen atoms in total. The van der Waals surface area contributed by atoms with Gasteiger partial charge in [0.15, 0.2) is 0 Å². The molecule has 0 saturated carbocycles. The number of carbonyl (C=O) groups is 1. The maximum Gasteiger partial charge on any atom is 0.308 e. The lowest BCUT2D eigenvalue weighted by atomic mass is 10.1. The average molecular weight is 316 g/mol. The summed E-state index contributed by atoms with van der Waals surface area (Å²) in [7, 11) is 0. The topological polar surface area (TPSA) is 107 Å².